The Morgan fingerprint density at radius 2 is 1.41 bits per heavy atom. The second kappa shape index (κ2) is 8.84. The predicted molar refractivity (Wildman–Crippen MR) is 131 cm³/mol. The van der Waals surface area contributed by atoms with Crippen LogP contribution in [0.25, 0.3) is 0 Å². The van der Waals surface area contributed by atoms with Crippen molar-refractivity contribution in [2.45, 2.75) is 56.3 Å². The Labute approximate surface area is 192 Å². The first kappa shape index (κ1) is 20.2. The highest BCUT2D eigenvalue weighted by molar-refractivity contribution is 5.36. The highest BCUT2D eigenvalue weighted by Crippen LogP contribution is 2.53. The molecule has 1 heterocycles. The third-order valence-corrected chi connectivity index (χ3v) is 8.49. The molecule has 6 rings (SSSR count). The van der Waals surface area contributed by atoms with E-state index in [1.165, 1.54) is 42.4 Å². The molecule has 1 aliphatic heterocycles. The van der Waals surface area contributed by atoms with Gasteiger partial charge >= 0.3 is 0 Å². The zero-order chi connectivity index (χ0) is 21.3. The van der Waals surface area contributed by atoms with Gasteiger partial charge in [0.1, 0.15) is 0 Å². The number of rotatable bonds is 6. The van der Waals surface area contributed by atoms with E-state index in [1.54, 1.807) is 0 Å². The van der Waals surface area contributed by atoms with Gasteiger partial charge < -0.3 is 10.6 Å². The highest BCUT2D eigenvalue weighted by atomic mass is 15.1. The van der Waals surface area contributed by atoms with Crippen molar-refractivity contribution in [3.8, 4) is 0 Å². The summed E-state index contributed by atoms with van der Waals surface area (Å²) in [6.07, 6.45) is 5.60. The summed E-state index contributed by atoms with van der Waals surface area (Å²) in [6.45, 7) is 0.945. The van der Waals surface area contributed by atoms with Gasteiger partial charge in [-0.2, -0.15) is 0 Å². The van der Waals surface area contributed by atoms with Crippen LogP contribution in [-0.2, 0) is 6.54 Å². The summed E-state index contributed by atoms with van der Waals surface area (Å²) < 4.78 is 0. The molecule has 3 aliphatic rings. The molecule has 2 heteroatoms. The fourth-order valence-electron chi connectivity index (χ4n) is 7.26. The minimum atomic E-state index is 0.356. The van der Waals surface area contributed by atoms with E-state index in [4.69, 9.17) is 0 Å². The summed E-state index contributed by atoms with van der Waals surface area (Å²) in [4.78, 5) is 0. The lowest BCUT2D eigenvalue weighted by molar-refractivity contribution is 0.0920. The zero-order valence-corrected chi connectivity index (χ0v) is 18.7. The number of nitrogens with one attached hydrogen (secondary N) is 2. The van der Waals surface area contributed by atoms with Crippen LogP contribution in [0.1, 0.15) is 48.3 Å². The molecule has 3 aromatic rings. The molecule has 0 radical (unpaired) electrons. The second-order valence-electron chi connectivity index (χ2n) is 10.2. The van der Waals surface area contributed by atoms with Crippen molar-refractivity contribution in [1.82, 2.24) is 10.6 Å². The first-order chi connectivity index (χ1) is 15.9. The van der Waals surface area contributed by atoms with Crippen molar-refractivity contribution in [3.63, 3.8) is 0 Å². The maximum absolute atomic E-state index is 4.24. The monoisotopic (exact) mass is 422 g/mol. The average Bonchev–Trinajstić information content (AvgIpc) is 2.99. The fraction of sp³-hybridized carbons (Fsp3) is 0.400. The first-order valence-electron chi connectivity index (χ1n) is 12.5. The molecular formula is C30H34N2. The van der Waals surface area contributed by atoms with Crippen molar-refractivity contribution in [1.29, 1.82) is 0 Å². The Morgan fingerprint density at radius 3 is 2.06 bits per heavy atom. The summed E-state index contributed by atoms with van der Waals surface area (Å²) in [5.74, 6) is 2.86. The Bertz CT molecular complexity index is 963. The van der Waals surface area contributed by atoms with Gasteiger partial charge in [0.2, 0.25) is 0 Å². The minimum Gasteiger partial charge on any atom is -0.308 e. The lowest BCUT2D eigenvalue weighted by atomic mass is 9.66. The van der Waals surface area contributed by atoms with Gasteiger partial charge in [0.25, 0.3) is 0 Å². The number of benzene rings is 3. The van der Waals surface area contributed by atoms with Gasteiger partial charge in [-0.3, -0.25) is 0 Å². The molecule has 3 aromatic carbocycles. The van der Waals surface area contributed by atoms with E-state index < -0.39 is 0 Å². The molecule has 2 aliphatic carbocycles. The molecule has 3 fully saturated rings. The van der Waals surface area contributed by atoms with E-state index in [0.717, 1.165) is 24.3 Å². The Balaban J connectivity index is 1.39. The standard InChI is InChI=1S/C30H34N2/c1-4-11-21(12-5-1)20-31-29-28-24-17-10-18-25(28)26(19-24)32-30(29)27(22-13-6-2-7-14-22)23-15-8-3-9-16-23/h1-9,11-16,24-32H,10,17-20H2/t24-,25?,26-,28?,29?,30?/m1/s1. The number of hydrogen-bond acceptors (Lipinski definition) is 2. The third kappa shape index (κ3) is 3.70. The first-order valence-corrected chi connectivity index (χ1v) is 12.5. The van der Waals surface area contributed by atoms with Crippen LogP contribution in [-0.4, -0.2) is 18.1 Å². The van der Waals surface area contributed by atoms with Crippen molar-refractivity contribution in [2.24, 2.45) is 17.8 Å². The maximum Gasteiger partial charge on any atom is 0.0336 e. The second-order valence-corrected chi connectivity index (χ2v) is 10.2. The topological polar surface area (TPSA) is 24.1 Å². The zero-order valence-electron chi connectivity index (χ0n) is 18.7. The summed E-state index contributed by atoms with van der Waals surface area (Å²) in [7, 11) is 0. The minimum absolute atomic E-state index is 0.356. The van der Waals surface area contributed by atoms with Crippen LogP contribution in [0.4, 0.5) is 0 Å². The van der Waals surface area contributed by atoms with Crippen LogP contribution in [0.15, 0.2) is 91.0 Å². The Kier molecular flexibility index (Phi) is 5.58. The smallest absolute Gasteiger partial charge is 0.0336 e. The molecule has 32 heavy (non-hydrogen) atoms. The van der Waals surface area contributed by atoms with Gasteiger partial charge in [0, 0.05) is 30.6 Å². The predicted octanol–water partition coefficient (Wildman–Crippen LogP) is 5.75. The van der Waals surface area contributed by atoms with Crippen LogP contribution in [0.2, 0.25) is 0 Å². The molecule has 0 amide bonds. The van der Waals surface area contributed by atoms with Gasteiger partial charge in [-0.15, -0.1) is 0 Å². The van der Waals surface area contributed by atoms with Crippen molar-refractivity contribution in [3.05, 3.63) is 108 Å². The normalized spacial score (nSPS) is 31.0. The number of piperidine rings is 1. The molecule has 1 saturated heterocycles. The van der Waals surface area contributed by atoms with Crippen LogP contribution >= 0.6 is 0 Å². The van der Waals surface area contributed by atoms with E-state index in [9.17, 15) is 0 Å². The molecule has 2 nitrogen and oxygen atoms in total. The molecule has 6 atom stereocenters. The maximum atomic E-state index is 4.24. The molecule has 2 N–H and O–H groups in total. The van der Waals surface area contributed by atoms with E-state index in [2.05, 4.69) is 102 Å². The van der Waals surface area contributed by atoms with Gasteiger partial charge in [0.15, 0.2) is 0 Å². The molecule has 0 spiro atoms. The van der Waals surface area contributed by atoms with Crippen LogP contribution < -0.4 is 10.6 Å². The molecule has 164 valence electrons. The molecule has 2 saturated carbocycles. The van der Waals surface area contributed by atoms with E-state index in [1.807, 2.05) is 0 Å². The summed E-state index contributed by atoms with van der Waals surface area (Å²) >= 11 is 0. The van der Waals surface area contributed by atoms with Crippen LogP contribution in [0, 0.1) is 17.8 Å². The highest BCUT2D eigenvalue weighted by Gasteiger charge is 2.55. The van der Waals surface area contributed by atoms with E-state index in [0.29, 0.717) is 24.0 Å². The largest absolute Gasteiger partial charge is 0.308 e. The van der Waals surface area contributed by atoms with Gasteiger partial charge in [-0.1, -0.05) is 104 Å². The van der Waals surface area contributed by atoms with Crippen LogP contribution in [0.3, 0.4) is 0 Å². The third-order valence-electron chi connectivity index (χ3n) is 8.49. The SMILES string of the molecule is c1ccc(CNC2C(C(c3ccccc3)c3ccccc3)N[C@@H]3C[C@H]4CCCC3C24)cc1. The van der Waals surface area contributed by atoms with Gasteiger partial charge in [0.05, 0.1) is 0 Å². The van der Waals surface area contributed by atoms with E-state index >= 15 is 0 Å². The summed E-state index contributed by atoms with van der Waals surface area (Å²) in [5, 5.41) is 8.34. The lowest BCUT2D eigenvalue weighted by Crippen LogP contribution is -2.63. The molecule has 0 aromatic heterocycles. The Morgan fingerprint density at radius 1 is 0.781 bits per heavy atom. The molecule has 4 bridgehead atoms. The number of hydrogen-bond donors (Lipinski definition) is 2. The summed E-state index contributed by atoms with van der Waals surface area (Å²) in [5.41, 5.74) is 4.23. The van der Waals surface area contributed by atoms with Crippen LogP contribution in [0.5, 0.6) is 0 Å². The molecule has 4 unspecified atom stereocenters. The molecular weight excluding hydrogens is 388 g/mol. The Hall–Kier alpha value is -2.42. The van der Waals surface area contributed by atoms with Gasteiger partial charge in [-0.05, 0) is 47.3 Å². The quantitative estimate of drug-likeness (QED) is 0.528. The van der Waals surface area contributed by atoms with Gasteiger partial charge in [-0.25, -0.2) is 0 Å². The fourth-order valence-corrected chi connectivity index (χ4v) is 7.26. The average molecular weight is 423 g/mol. The van der Waals surface area contributed by atoms with Crippen molar-refractivity contribution >= 4 is 0 Å². The van der Waals surface area contributed by atoms with E-state index in [-0.39, 0.29) is 0 Å². The van der Waals surface area contributed by atoms with Crippen molar-refractivity contribution < 1.29 is 0 Å². The van der Waals surface area contributed by atoms with Crippen molar-refractivity contribution in [2.75, 3.05) is 0 Å². The lowest BCUT2D eigenvalue weighted by Gasteiger charge is -2.49. The summed E-state index contributed by atoms with van der Waals surface area (Å²) in [6, 6.07) is 34.9.